The lowest BCUT2D eigenvalue weighted by atomic mass is 10.2. The maximum atomic E-state index is 13.3. The fraction of sp³-hybridized carbons (Fsp3) is 0.0870. The SMILES string of the molecule is COc1ccc(/C=N/N(C(=O)c2ccc(Cl)cc2)c2nc3ccc(OC)cc3s2)cc1. The molecule has 3 aromatic carbocycles. The second-order valence-electron chi connectivity index (χ2n) is 6.47. The maximum Gasteiger partial charge on any atom is 0.280 e. The molecule has 0 spiro atoms. The zero-order valence-corrected chi connectivity index (χ0v) is 18.4. The van der Waals surface area contributed by atoms with E-state index < -0.39 is 0 Å². The Balaban J connectivity index is 1.73. The van der Waals surface area contributed by atoms with E-state index in [-0.39, 0.29) is 5.91 Å². The first-order chi connectivity index (χ1) is 15.1. The van der Waals surface area contributed by atoms with Crippen LogP contribution in [0.4, 0.5) is 5.13 Å². The summed E-state index contributed by atoms with van der Waals surface area (Å²) in [4.78, 5) is 17.9. The highest BCUT2D eigenvalue weighted by Gasteiger charge is 2.21. The van der Waals surface area contributed by atoms with Crippen LogP contribution in [0.3, 0.4) is 0 Å². The van der Waals surface area contributed by atoms with Gasteiger partial charge in [0.2, 0.25) is 5.13 Å². The Labute approximate surface area is 188 Å². The number of benzene rings is 3. The molecule has 6 nitrogen and oxygen atoms in total. The minimum Gasteiger partial charge on any atom is -0.497 e. The topological polar surface area (TPSA) is 64.0 Å². The normalized spacial score (nSPS) is 11.1. The standard InChI is InChI=1S/C23H18ClN3O3S/c1-29-18-9-3-15(4-10-18)14-25-27(22(28)16-5-7-17(24)8-6-16)23-26-20-12-11-19(30-2)13-21(20)31-23/h3-14H,1-2H3/b25-14+. The van der Waals surface area contributed by atoms with Crippen molar-refractivity contribution in [3.63, 3.8) is 0 Å². The Morgan fingerprint density at radius 2 is 1.68 bits per heavy atom. The first-order valence-electron chi connectivity index (χ1n) is 9.30. The molecule has 0 unspecified atom stereocenters. The average molecular weight is 452 g/mol. The molecule has 1 amide bonds. The minimum atomic E-state index is -0.313. The number of aromatic nitrogens is 1. The van der Waals surface area contributed by atoms with Crippen LogP contribution in [-0.2, 0) is 0 Å². The van der Waals surface area contributed by atoms with Crippen molar-refractivity contribution in [3.05, 3.63) is 82.9 Å². The van der Waals surface area contributed by atoms with Crippen LogP contribution < -0.4 is 14.5 Å². The summed E-state index contributed by atoms with van der Waals surface area (Å²) in [6.45, 7) is 0. The quantitative estimate of drug-likeness (QED) is 0.281. The number of hydrogen-bond acceptors (Lipinski definition) is 6. The highest BCUT2D eigenvalue weighted by atomic mass is 35.5. The monoisotopic (exact) mass is 451 g/mol. The lowest BCUT2D eigenvalue weighted by Crippen LogP contribution is -2.25. The van der Waals surface area contributed by atoms with Gasteiger partial charge >= 0.3 is 0 Å². The zero-order chi connectivity index (χ0) is 21.8. The van der Waals surface area contributed by atoms with E-state index in [2.05, 4.69) is 10.1 Å². The summed E-state index contributed by atoms with van der Waals surface area (Å²) in [6, 6.07) is 19.6. The molecule has 0 fully saturated rings. The van der Waals surface area contributed by atoms with Gasteiger partial charge in [-0.2, -0.15) is 10.1 Å². The number of amides is 1. The fourth-order valence-corrected chi connectivity index (χ4v) is 3.90. The van der Waals surface area contributed by atoms with Crippen molar-refractivity contribution in [2.45, 2.75) is 0 Å². The van der Waals surface area contributed by atoms with E-state index in [4.69, 9.17) is 21.1 Å². The van der Waals surface area contributed by atoms with Gasteiger partial charge in [0.15, 0.2) is 0 Å². The highest BCUT2D eigenvalue weighted by Crippen LogP contribution is 2.32. The Bertz CT molecular complexity index is 1240. The number of anilines is 1. The summed E-state index contributed by atoms with van der Waals surface area (Å²) in [7, 11) is 3.22. The molecule has 0 aliphatic rings. The van der Waals surface area contributed by atoms with Crippen LogP contribution >= 0.6 is 22.9 Å². The molecule has 0 aliphatic carbocycles. The van der Waals surface area contributed by atoms with E-state index >= 15 is 0 Å². The number of hydrazone groups is 1. The largest absolute Gasteiger partial charge is 0.497 e. The molecule has 0 N–H and O–H groups in total. The molecule has 0 atom stereocenters. The molecule has 0 aliphatic heterocycles. The molecule has 8 heteroatoms. The number of thiazole rings is 1. The summed E-state index contributed by atoms with van der Waals surface area (Å²) in [5, 5.41) is 6.76. The van der Waals surface area contributed by atoms with Crippen LogP contribution in [0.2, 0.25) is 5.02 Å². The van der Waals surface area contributed by atoms with E-state index in [9.17, 15) is 4.79 Å². The number of fused-ring (bicyclic) bond motifs is 1. The van der Waals surface area contributed by atoms with Crippen LogP contribution in [0, 0.1) is 0 Å². The zero-order valence-electron chi connectivity index (χ0n) is 16.8. The van der Waals surface area contributed by atoms with Crippen LogP contribution in [0.5, 0.6) is 11.5 Å². The lowest BCUT2D eigenvalue weighted by molar-refractivity contribution is 0.0988. The molecule has 4 aromatic rings. The van der Waals surface area contributed by atoms with Gasteiger partial charge in [0.1, 0.15) is 11.5 Å². The summed E-state index contributed by atoms with van der Waals surface area (Å²) in [5.41, 5.74) is 2.03. The summed E-state index contributed by atoms with van der Waals surface area (Å²) in [5.74, 6) is 1.15. The second-order valence-corrected chi connectivity index (χ2v) is 7.92. The summed E-state index contributed by atoms with van der Waals surface area (Å²) < 4.78 is 11.4. The van der Waals surface area contributed by atoms with Crippen LogP contribution in [0.1, 0.15) is 15.9 Å². The molecule has 31 heavy (non-hydrogen) atoms. The Morgan fingerprint density at radius 3 is 2.35 bits per heavy atom. The fourth-order valence-electron chi connectivity index (χ4n) is 2.83. The number of rotatable bonds is 6. The van der Waals surface area contributed by atoms with Crippen LogP contribution in [0.15, 0.2) is 71.8 Å². The molecule has 0 saturated carbocycles. The minimum absolute atomic E-state index is 0.313. The molecule has 4 rings (SSSR count). The van der Waals surface area contributed by atoms with Crippen molar-refractivity contribution in [2.75, 3.05) is 19.2 Å². The number of ether oxygens (including phenoxy) is 2. The smallest absolute Gasteiger partial charge is 0.280 e. The molecule has 0 saturated heterocycles. The van der Waals surface area contributed by atoms with Gasteiger partial charge in [-0.05, 0) is 72.3 Å². The molecule has 1 aromatic heterocycles. The number of halogens is 1. The summed E-state index contributed by atoms with van der Waals surface area (Å²) in [6.07, 6.45) is 1.61. The first-order valence-corrected chi connectivity index (χ1v) is 10.5. The van der Waals surface area contributed by atoms with Crippen molar-refractivity contribution in [3.8, 4) is 11.5 Å². The Morgan fingerprint density at radius 1 is 1.00 bits per heavy atom. The predicted octanol–water partition coefficient (Wildman–Crippen LogP) is 5.65. The molecule has 1 heterocycles. The predicted molar refractivity (Wildman–Crippen MR) is 125 cm³/mol. The number of carbonyl (C=O) groups excluding carboxylic acids is 1. The number of carbonyl (C=O) groups is 1. The van der Waals surface area contributed by atoms with Gasteiger partial charge in [-0.15, -0.1) is 0 Å². The van der Waals surface area contributed by atoms with Gasteiger partial charge < -0.3 is 9.47 Å². The van der Waals surface area contributed by atoms with E-state index in [1.165, 1.54) is 16.3 Å². The van der Waals surface area contributed by atoms with Gasteiger partial charge in [0.25, 0.3) is 5.91 Å². The third kappa shape index (κ3) is 4.68. The molecule has 156 valence electrons. The average Bonchev–Trinajstić information content (AvgIpc) is 3.22. The first kappa shape index (κ1) is 20.8. The van der Waals surface area contributed by atoms with E-state index in [0.29, 0.717) is 15.7 Å². The lowest BCUT2D eigenvalue weighted by Gasteiger charge is -2.14. The highest BCUT2D eigenvalue weighted by molar-refractivity contribution is 7.22. The van der Waals surface area contributed by atoms with Gasteiger partial charge in [-0.1, -0.05) is 22.9 Å². The van der Waals surface area contributed by atoms with Gasteiger partial charge in [0, 0.05) is 10.6 Å². The molecular formula is C23H18ClN3O3S. The number of nitrogens with zero attached hydrogens (tertiary/aromatic N) is 3. The number of hydrogen-bond donors (Lipinski definition) is 0. The van der Waals surface area contributed by atoms with Crippen molar-refractivity contribution in [1.82, 2.24) is 4.98 Å². The van der Waals surface area contributed by atoms with Gasteiger partial charge in [-0.3, -0.25) is 4.79 Å². The van der Waals surface area contributed by atoms with Crippen LogP contribution in [-0.4, -0.2) is 31.3 Å². The van der Waals surface area contributed by atoms with Gasteiger partial charge in [0.05, 0.1) is 30.7 Å². The van der Waals surface area contributed by atoms with Crippen molar-refractivity contribution in [2.24, 2.45) is 5.10 Å². The van der Waals surface area contributed by atoms with Gasteiger partial charge in [-0.25, -0.2) is 4.98 Å². The van der Waals surface area contributed by atoms with Crippen molar-refractivity contribution >= 4 is 50.4 Å². The van der Waals surface area contributed by atoms with Crippen molar-refractivity contribution < 1.29 is 14.3 Å². The third-order valence-corrected chi connectivity index (χ3v) is 5.73. The molecular weight excluding hydrogens is 434 g/mol. The number of methoxy groups -OCH3 is 2. The second kappa shape index (κ2) is 9.16. The van der Waals surface area contributed by atoms with Crippen LogP contribution in [0.25, 0.3) is 10.2 Å². The van der Waals surface area contributed by atoms with Crippen molar-refractivity contribution in [1.29, 1.82) is 0 Å². The Kier molecular flexibility index (Phi) is 6.16. The van der Waals surface area contributed by atoms with E-state index in [1.807, 2.05) is 42.5 Å². The molecule has 0 bridgehead atoms. The third-order valence-electron chi connectivity index (χ3n) is 4.49. The summed E-state index contributed by atoms with van der Waals surface area (Å²) >= 11 is 7.33. The van der Waals surface area contributed by atoms with E-state index in [0.717, 1.165) is 27.3 Å². The maximum absolute atomic E-state index is 13.3. The molecule has 0 radical (unpaired) electrons. The van der Waals surface area contributed by atoms with E-state index in [1.54, 1.807) is 44.7 Å². The Hall–Kier alpha value is -3.42.